The van der Waals surface area contributed by atoms with E-state index < -0.39 is 0 Å². The number of methoxy groups -OCH3 is 1. The van der Waals surface area contributed by atoms with E-state index in [2.05, 4.69) is 10.2 Å². The number of benzene rings is 1. The van der Waals surface area contributed by atoms with Crippen molar-refractivity contribution in [3.8, 4) is 5.75 Å². The summed E-state index contributed by atoms with van der Waals surface area (Å²) >= 11 is 0. The molecule has 1 N–H and O–H groups in total. The molecule has 0 atom stereocenters. The molecule has 1 saturated heterocycles. The normalized spacial score (nSPS) is 17.0. The predicted octanol–water partition coefficient (Wildman–Crippen LogP) is 2.61. The first kappa shape index (κ1) is 17.9. The van der Waals surface area contributed by atoms with Crippen molar-refractivity contribution in [3.63, 3.8) is 0 Å². The largest absolute Gasteiger partial charge is 0.497 e. The lowest BCUT2D eigenvalue weighted by atomic mass is 10.0. The summed E-state index contributed by atoms with van der Waals surface area (Å²) in [6, 6.07) is 7.34. The van der Waals surface area contributed by atoms with Crippen molar-refractivity contribution in [2.75, 3.05) is 32.1 Å². The Bertz CT molecular complexity index is 826. The third-order valence-electron chi connectivity index (χ3n) is 5.51. The topological polar surface area (TPSA) is 62.6 Å². The van der Waals surface area contributed by atoms with Gasteiger partial charge in [0.1, 0.15) is 5.75 Å². The number of urea groups is 1. The van der Waals surface area contributed by atoms with E-state index in [4.69, 9.17) is 9.84 Å². The highest BCUT2D eigenvalue weighted by Gasteiger charge is 2.27. The fourth-order valence-electron chi connectivity index (χ4n) is 4.01. The highest BCUT2D eigenvalue weighted by molar-refractivity contribution is 5.89. The second-order valence-electron chi connectivity index (χ2n) is 7.31. The van der Waals surface area contributed by atoms with E-state index in [1.807, 2.05) is 40.9 Å². The van der Waals surface area contributed by atoms with Crippen LogP contribution in [0.1, 0.15) is 29.8 Å². The number of aryl methyl sites for hydroxylation is 1. The van der Waals surface area contributed by atoms with Gasteiger partial charge in [0.15, 0.2) is 0 Å². The van der Waals surface area contributed by atoms with E-state index in [1.54, 1.807) is 7.11 Å². The van der Waals surface area contributed by atoms with Crippen LogP contribution in [0.15, 0.2) is 24.3 Å². The van der Waals surface area contributed by atoms with Gasteiger partial charge in [0.05, 0.1) is 25.0 Å². The number of rotatable bonds is 4. The molecule has 2 aromatic rings. The second kappa shape index (κ2) is 7.60. The number of amides is 2. The zero-order chi connectivity index (χ0) is 18.8. The van der Waals surface area contributed by atoms with Crippen molar-refractivity contribution >= 4 is 11.7 Å². The third kappa shape index (κ3) is 3.78. The van der Waals surface area contributed by atoms with Gasteiger partial charge >= 0.3 is 6.03 Å². The van der Waals surface area contributed by atoms with Gasteiger partial charge in [-0.3, -0.25) is 9.58 Å². The molecule has 0 spiro atoms. The summed E-state index contributed by atoms with van der Waals surface area (Å²) in [4.78, 5) is 17.0. The lowest BCUT2D eigenvalue weighted by Gasteiger charge is -2.28. The van der Waals surface area contributed by atoms with Crippen LogP contribution in [0.25, 0.3) is 0 Å². The number of hydrogen-bond donors (Lipinski definition) is 1. The molecule has 2 aliphatic rings. The number of carbonyl (C=O) groups excluding carboxylic acids is 1. The molecule has 1 aromatic carbocycles. The van der Waals surface area contributed by atoms with Gasteiger partial charge in [0.2, 0.25) is 0 Å². The van der Waals surface area contributed by atoms with Crippen LogP contribution in [0.2, 0.25) is 0 Å². The fraction of sp³-hybridized carbons (Fsp3) is 0.500. The van der Waals surface area contributed by atoms with E-state index in [0.717, 1.165) is 30.1 Å². The monoisotopic (exact) mass is 369 g/mol. The summed E-state index contributed by atoms with van der Waals surface area (Å²) < 4.78 is 7.17. The predicted molar refractivity (Wildman–Crippen MR) is 104 cm³/mol. The van der Waals surface area contributed by atoms with Gasteiger partial charge in [0.25, 0.3) is 0 Å². The maximum absolute atomic E-state index is 12.7. The average molecular weight is 369 g/mol. The first-order valence-corrected chi connectivity index (χ1v) is 9.60. The SMILES string of the molecule is COc1cccc(NC(=O)N2CCc3c(CN4CCCC4)nn(C)c3C2)c1. The van der Waals surface area contributed by atoms with Gasteiger partial charge in [-0.15, -0.1) is 0 Å². The van der Waals surface area contributed by atoms with Crippen molar-refractivity contribution in [3.05, 3.63) is 41.2 Å². The Morgan fingerprint density at radius 2 is 2.07 bits per heavy atom. The maximum Gasteiger partial charge on any atom is 0.322 e. The van der Waals surface area contributed by atoms with Gasteiger partial charge in [-0.2, -0.15) is 5.10 Å². The number of aromatic nitrogens is 2. The molecule has 7 nitrogen and oxygen atoms in total. The zero-order valence-corrected chi connectivity index (χ0v) is 16.1. The molecule has 0 unspecified atom stereocenters. The van der Waals surface area contributed by atoms with Crippen molar-refractivity contribution in [2.24, 2.45) is 7.05 Å². The summed E-state index contributed by atoms with van der Waals surface area (Å²) in [5.74, 6) is 0.729. The number of ether oxygens (including phenoxy) is 1. The molecule has 7 heteroatoms. The Hall–Kier alpha value is -2.54. The Morgan fingerprint density at radius 3 is 2.85 bits per heavy atom. The molecule has 1 fully saturated rings. The lowest BCUT2D eigenvalue weighted by molar-refractivity contribution is 0.204. The number of nitrogens with zero attached hydrogens (tertiary/aromatic N) is 4. The number of anilines is 1. The summed E-state index contributed by atoms with van der Waals surface area (Å²) in [5, 5.41) is 7.73. The minimum absolute atomic E-state index is 0.0869. The molecular formula is C20H27N5O2. The Balaban J connectivity index is 1.44. The van der Waals surface area contributed by atoms with E-state index in [0.29, 0.717) is 13.1 Å². The Kier molecular flexibility index (Phi) is 5.03. The van der Waals surface area contributed by atoms with Crippen LogP contribution in [-0.2, 0) is 26.6 Å². The minimum atomic E-state index is -0.0869. The standard InChI is InChI=1S/C20H27N5O2/c1-23-19-14-25(20(26)21-15-6-5-7-16(12-15)27-2)11-8-17(19)18(22-23)13-24-9-3-4-10-24/h5-7,12H,3-4,8-11,13-14H2,1-2H3,(H,21,26). The number of hydrogen-bond acceptors (Lipinski definition) is 4. The number of likely N-dealkylation sites (tertiary alicyclic amines) is 1. The molecule has 0 bridgehead atoms. The number of fused-ring (bicyclic) bond motifs is 1. The third-order valence-corrected chi connectivity index (χ3v) is 5.51. The van der Waals surface area contributed by atoms with Crippen LogP contribution in [0.5, 0.6) is 5.75 Å². The van der Waals surface area contributed by atoms with E-state index in [1.165, 1.54) is 37.2 Å². The molecule has 3 heterocycles. The molecule has 144 valence electrons. The smallest absolute Gasteiger partial charge is 0.322 e. The van der Waals surface area contributed by atoms with Gasteiger partial charge < -0.3 is 15.0 Å². The highest BCUT2D eigenvalue weighted by Crippen LogP contribution is 2.25. The Labute approximate surface area is 159 Å². The molecular weight excluding hydrogens is 342 g/mol. The van der Waals surface area contributed by atoms with Gasteiger partial charge in [0, 0.05) is 37.5 Å². The second-order valence-corrected chi connectivity index (χ2v) is 7.31. The van der Waals surface area contributed by atoms with Crippen molar-refractivity contribution in [1.29, 1.82) is 0 Å². The van der Waals surface area contributed by atoms with Crippen LogP contribution in [0.4, 0.5) is 10.5 Å². The zero-order valence-electron chi connectivity index (χ0n) is 16.1. The van der Waals surface area contributed by atoms with Crippen LogP contribution in [0, 0.1) is 0 Å². The van der Waals surface area contributed by atoms with Crippen LogP contribution in [-0.4, -0.2) is 52.4 Å². The molecule has 4 rings (SSSR count). The molecule has 0 saturated carbocycles. The first-order valence-electron chi connectivity index (χ1n) is 9.60. The summed E-state index contributed by atoms with van der Waals surface area (Å²) in [5.41, 5.74) is 4.40. The van der Waals surface area contributed by atoms with Crippen molar-refractivity contribution < 1.29 is 9.53 Å². The Morgan fingerprint density at radius 1 is 1.26 bits per heavy atom. The van der Waals surface area contributed by atoms with Crippen LogP contribution >= 0.6 is 0 Å². The molecule has 0 radical (unpaired) electrons. The van der Waals surface area contributed by atoms with Crippen molar-refractivity contribution in [1.82, 2.24) is 19.6 Å². The van der Waals surface area contributed by atoms with Gasteiger partial charge in [-0.05, 0) is 44.5 Å². The maximum atomic E-state index is 12.7. The van der Waals surface area contributed by atoms with Gasteiger partial charge in [-0.25, -0.2) is 4.79 Å². The van der Waals surface area contributed by atoms with E-state index in [-0.39, 0.29) is 6.03 Å². The summed E-state index contributed by atoms with van der Waals surface area (Å²) in [7, 11) is 3.60. The molecule has 2 aliphatic heterocycles. The van der Waals surface area contributed by atoms with Crippen LogP contribution < -0.4 is 10.1 Å². The van der Waals surface area contributed by atoms with Crippen molar-refractivity contribution in [2.45, 2.75) is 32.4 Å². The molecule has 0 aliphatic carbocycles. The highest BCUT2D eigenvalue weighted by atomic mass is 16.5. The van der Waals surface area contributed by atoms with E-state index in [9.17, 15) is 4.79 Å². The van der Waals surface area contributed by atoms with Gasteiger partial charge in [-0.1, -0.05) is 6.07 Å². The average Bonchev–Trinajstić information content (AvgIpc) is 3.30. The molecule has 1 aromatic heterocycles. The summed E-state index contributed by atoms with van der Waals surface area (Å²) in [6.45, 7) is 4.57. The fourth-order valence-corrected chi connectivity index (χ4v) is 4.01. The lowest BCUT2D eigenvalue weighted by Crippen LogP contribution is -2.39. The number of carbonyl (C=O) groups is 1. The quantitative estimate of drug-likeness (QED) is 0.900. The minimum Gasteiger partial charge on any atom is -0.497 e. The van der Waals surface area contributed by atoms with E-state index >= 15 is 0 Å². The number of nitrogens with one attached hydrogen (secondary N) is 1. The first-order chi connectivity index (χ1) is 13.1. The van der Waals surface area contributed by atoms with Crippen LogP contribution in [0.3, 0.4) is 0 Å². The molecule has 2 amide bonds. The molecule has 27 heavy (non-hydrogen) atoms. The summed E-state index contributed by atoms with van der Waals surface area (Å²) in [6.07, 6.45) is 3.43.